The summed E-state index contributed by atoms with van der Waals surface area (Å²) in [5.41, 5.74) is -0.289. The number of carbonyl (C=O) groups excluding carboxylic acids is 2. The van der Waals surface area contributed by atoms with Crippen LogP contribution < -0.4 is 16.3 Å². The molecule has 0 bridgehead atoms. The molecule has 0 aliphatic heterocycles. The Balaban J connectivity index is 1.71. The average molecular weight is 383 g/mol. The van der Waals surface area contributed by atoms with Gasteiger partial charge >= 0.3 is 11.7 Å². The van der Waals surface area contributed by atoms with Crippen LogP contribution in [0.1, 0.15) is 24.6 Å². The van der Waals surface area contributed by atoms with Crippen LogP contribution in [0.15, 0.2) is 27.5 Å². The van der Waals surface area contributed by atoms with Gasteiger partial charge in [0.2, 0.25) is 5.91 Å². The van der Waals surface area contributed by atoms with E-state index in [-0.39, 0.29) is 11.4 Å². The fraction of sp³-hybridized carbons (Fsp3) is 0.467. The first-order chi connectivity index (χ1) is 12.1. The van der Waals surface area contributed by atoms with Crippen LogP contribution in [0.4, 0.5) is 4.79 Å². The van der Waals surface area contributed by atoms with Crippen molar-refractivity contribution in [3.63, 3.8) is 0 Å². The van der Waals surface area contributed by atoms with E-state index in [9.17, 15) is 14.4 Å². The minimum absolute atomic E-state index is 0.00869. The lowest BCUT2D eigenvalue weighted by Gasteiger charge is -2.06. The number of unbranched alkanes of at least 4 members (excludes halogenated alkanes) is 1. The van der Waals surface area contributed by atoms with E-state index >= 15 is 0 Å². The summed E-state index contributed by atoms with van der Waals surface area (Å²) in [5, 5.41) is 13.6. The van der Waals surface area contributed by atoms with Gasteiger partial charge in [0.1, 0.15) is 0 Å². The van der Waals surface area contributed by atoms with Gasteiger partial charge in [0.15, 0.2) is 5.16 Å². The molecule has 2 rings (SSSR count). The smallest absolute Gasteiger partial charge is 0.337 e. The number of aromatic amines is 1. The molecule has 0 saturated heterocycles. The Labute approximate surface area is 153 Å². The number of imide groups is 1. The maximum atomic E-state index is 11.8. The zero-order chi connectivity index (χ0) is 18.1. The molecule has 2 aromatic rings. The molecular formula is C15H21N5O3S2. The van der Waals surface area contributed by atoms with Crippen molar-refractivity contribution in [3.05, 3.63) is 32.9 Å². The molecule has 3 amide bonds. The molecular weight excluding hydrogens is 362 g/mol. The number of aromatic nitrogens is 3. The van der Waals surface area contributed by atoms with Crippen molar-refractivity contribution in [2.75, 3.05) is 12.3 Å². The van der Waals surface area contributed by atoms with Gasteiger partial charge in [-0.2, -0.15) is 0 Å². The highest BCUT2D eigenvalue weighted by molar-refractivity contribution is 7.99. The van der Waals surface area contributed by atoms with Crippen molar-refractivity contribution in [2.45, 2.75) is 37.9 Å². The maximum absolute atomic E-state index is 11.8. The van der Waals surface area contributed by atoms with E-state index in [1.54, 1.807) is 11.3 Å². The second kappa shape index (κ2) is 10.0. The molecule has 10 heteroatoms. The number of H-pyrrole nitrogens is 1. The third-order valence-electron chi connectivity index (χ3n) is 3.28. The average Bonchev–Trinajstić information content (AvgIpc) is 3.21. The topological polar surface area (TPSA) is 109 Å². The van der Waals surface area contributed by atoms with Crippen LogP contribution in [0.5, 0.6) is 0 Å². The third-order valence-corrected chi connectivity index (χ3v) is 5.19. The summed E-state index contributed by atoms with van der Waals surface area (Å²) >= 11 is 2.74. The van der Waals surface area contributed by atoms with Crippen LogP contribution in [-0.4, -0.2) is 39.0 Å². The maximum Gasteiger partial charge on any atom is 0.343 e. The van der Waals surface area contributed by atoms with Crippen LogP contribution in [0.2, 0.25) is 0 Å². The SMILES string of the molecule is CCCCn1c(SCC(=O)NC(=O)NCCc2cccs2)n[nH]c1=O. The molecule has 3 N–H and O–H groups in total. The van der Waals surface area contributed by atoms with E-state index < -0.39 is 11.9 Å². The first-order valence-electron chi connectivity index (χ1n) is 7.98. The summed E-state index contributed by atoms with van der Waals surface area (Å²) < 4.78 is 1.50. The summed E-state index contributed by atoms with van der Waals surface area (Å²) in [7, 11) is 0. The first kappa shape index (κ1) is 19.3. The van der Waals surface area contributed by atoms with Gasteiger partial charge in [-0.3, -0.25) is 14.7 Å². The number of hydrogen-bond donors (Lipinski definition) is 3. The minimum Gasteiger partial charge on any atom is -0.337 e. The van der Waals surface area contributed by atoms with Gasteiger partial charge in [0, 0.05) is 18.0 Å². The number of nitrogens with one attached hydrogen (secondary N) is 3. The molecule has 0 saturated carbocycles. The monoisotopic (exact) mass is 383 g/mol. The number of thioether (sulfide) groups is 1. The Kier molecular flexibility index (Phi) is 7.74. The van der Waals surface area contributed by atoms with Crippen LogP contribution in [0, 0.1) is 0 Å². The molecule has 136 valence electrons. The molecule has 0 radical (unpaired) electrons. The molecule has 0 spiro atoms. The molecule has 0 fully saturated rings. The van der Waals surface area contributed by atoms with E-state index in [1.807, 2.05) is 24.4 Å². The van der Waals surface area contributed by atoms with Gasteiger partial charge in [0.25, 0.3) is 0 Å². The van der Waals surface area contributed by atoms with Crippen molar-refractivity contribution in [2.24, 2.45) is 0 Å². The quantitative estimate of drug-likeness (QED) is 0.570. The molecule has 0 atom stereocenters. The Bertz CT molecular complexity index is 739. The lowest BCUT2D eigenvalue weighted by atomic mass is 10.3. The highest BCUT2D eigenvalue weighted by atomic mass is 32.2. The summed E-state index contributed by atoms with van der Waals surface area (Å²) in [5.74, 6) is -0.425. The number of thiophene rings is 1. The summed E-state index contributed by atoms with van der Waals surface area (Å²) in [6.07, 6.45) is 2.53. The standard InChI is InChI=1S/C15H21N5O3S2/c1-2-3-8-20-14(23)18-19-15(20)25-10-12(21)17-13(22)16-7-6-11-5-4-9-24-11/h4-5,9H,2-3,6-8,10H2,1H3,(H,18,23)(H2,16,17,21,22). The van der Waals surface area contributed by atoms with Crippen molar-refractivity contribution >= 4 is 35.0 Å². The van der Waals surface area contributed by atoms with Gasteiger partial charge < -0.3 is 5.32 Å². The van der Waals surface area contributed by atoms with Gasteiger partial charge in [-0.1, -0.05) is 31.2 Å². The molecule has 0 unspecified atom stereocenters. The van der Waals surface area contributed by atoms with Gasteiger partial charge in [-0.05, 0) is 24.3 Å². The van der Waals surface area contributed by atoms with E-state index in [1.165, 1.54) is 9.44 Å². The van der Waals surface area contributed by atoms with Gasteiger partial charge in [-0.15, -0.1) is 16.4 Å². The van der Waals surface area contributed by atoms with Crippen molar-refractivity contribution in [1.82, 2.24) is 25.4 Å². The first-order valence-corrected chi connectivity index (χ1v) is 9.84. The molecule has 8 nitrogen and oxygen atoms in total. The third kappa shape index (κ3) is 6.39. The van der Waals surface area contributed by atoms with Gasteiger partial charge in [0.05, 0.1) is 5.75 Å². The molecule has 0 aliphatic rings. The van der Waals surface area contributed by atoms with E-state index in [0.29, 0.717) is 18.2 Å². The number of nitrogens with zero attached hydrogens (tertiary/aromatic N) is 2. The van der Waals surface area contributed by atoms with E-state index in [4.69, 9.17) is 0 Å². The Morgan fingerprint density at radius 2 is 2.28 bits per heavy atom. The Morgan fingerprint density at radius 1 is 1.44 bits per heavy atom. The number of carbonyl (C=O) groups is 2. The largest absolute Gasteiger partial charge is 0.343 e. The second-order valence-electron chi connectivity index (χ2n) is 5.24. The second-order valence-corrected chi connectivity index (χ2v) is 7.21. The van der Waals surface area contributed by atoms with Crippen molar-refractivity contribution < 1.29 is 9.59 Å². The predicted molar refractivity (Wildman–Crippen MR) is 98.0 cm³/mol. The highest BCUT2D eigenvalue weighted by Crippen LogP contribution is 2.13. The highest BCUT2D eigenvalue weighted by Gasteiger charge is 2.12. The van der Waals surface area contributed by atoms with Crippen LogP contribution in [0.25, 0.3) is 0 Å². The van der Waals surface area contributed by atoms with E-state index in [0.717, 1.165) is 31.0 Å². The van der Waals surface area contributed by atoms with Crippen molar-refractivity contribution in [1.29, 1.82) is 0 Å². The van der Waals surface area contributed by atoms with Crippen molar-refractivity contribution in [3.8, 4) is 0 Å². The predicted octanol–water partition coefficient (Wildman–Crippen LogP) is 1.59. The summed E-state index contributed by atoms with van der Waals surface area (Å²) in [6.45, 7) is 3.05. The number of amides is 3. The Morgan fingerprint density at radius 3 is 3.00 bits per heavy atom. The molecule has 0 aromatic carbocycles. The number of rotatable bonds is 9. The fourth-order valence-corrected chi connectivity index (χ4v) is 3.50. The number of hydrogen-bond acceptors (Lipinski definition) is 6. The molecule has 2 aromatic heterocycles. The van der Waals surface area contributed by atoms with Crippen LogP contribution >= 0.6 is 23.1 Å². The minimum atomic E-state index is -0.521. The van der Waals surface area contributed by atoms with Gasteiger partial charge in [-0.25, -0.2) is 14.7 Å². The fourth-order valence-electron chi connectivity index (χ4n) is 2.02. The molecule has 0 aliphatic carbocycles. The molecule has 25 heavy (non-hydrogen) atoms. The lowest BCUT2D eigenvalue weighted by Crippen LogP contribution is -2.41. The normalized spacial score (nSPS) is 10.6. The zero-order valence-corrected chi connectivity index (χ0v) is 15.5. The lowest BCUT2D eigenvalue weighted by molar-refractivity contribution is -0.117. The Hall–Kier alpha value is -2.07. The number of urea groups is 1. The zero-order valence-electron chi connectivity index (χ0n) is 13.9. The van der Waals surface area contributed by atoms with E-state index in [2.05, 4.69) is 20.8 Å². The summed E-state index contributed by atoms with van der Waals surface area (Å²) in [4.78, 5) is 36.3. The van der Waals surface area contributed by atoms with Crippen LogP contribution in [0.3, 0.4) is 0 Å². The van der Waals surface area contributed by atoms with Crippen LogP contribution in [-0.2, 0) is 17.8 Å². The summed E-state index contributed by atoms with van der Waals surface area (Å²) in [6, 6.07) is 3.43. The molecule has 2 heterocycles.